The Kier molecular flexibility index (Phi) is 4.42. The number of nitrogens with one attached hydrogen (secondary N) is 1. The summed E-state index contributed by atoms with van der Waals surface area (Å²) in [7, 11) is 3.43. The van der Waals surface area contributed by atoms with E-state index in [0.29, 0.717) is 13.1 Å². The van der Waals surface area contributed by atoms with E-state index in [2.05, 4.69) is 5.32 Å². The van der Waals surface area contributed by atoms with Crippen molar-refractivity contribution in [1.82, 2.24) is 10.2 Å². The van der Waals surface area contributed by atoms with Crippen LogP contribution in [0.2, 0.25) is 0 Å². The number of anilines is 1. The zero-order valence-corrected chi connectivity index (χ0v) is 12.5. The number of nitro groups is 1. The number of carbonyl (C=O) groups excluding carboxylic acids is 1. The fourth-order valence-electron chi connectivity index (χ4n) is 2.55. The van der Waals surface area contributed by atoms with E-state index in [1.807, 2.05) is 17.9 Å². The summed E-state index contributed by atoms with van der Waals surface area (Å²) in [6, 6.07) is 4.62. The molecule has 0 radical (unpaired) electrons. The summed E-state index contributed by atoms with van der Waals surface area (Å²) in [5, 5.41) is 14.2. The Bertz CT molecular complexity index is 559. The van der Waals surface area contributed by atoms with Crippen LogP contribution in [0.1, 0.15) is 5.56 Å². The van der Waals surface area contributed by atoms with Crippen molar-refractivity contribution in [2.45, 2.75) is 13.0 Å². The van der Waals surface area contributed by atoms with Gasteiger partial charge in [-0.1, -0.05) is 0 Å². The van der Waals surface area contributed by atoms with Crippen LogP contribution in [0.15, 0.2) is 18.2 Å². The second kappa shape index (κ2) is 6.09. The number of carbonyl (C=O) groups is 1. The van der Waals surface area contributed by atoms with Crippen molar-refractivity contribution >= 4 is 17.3 Å². The van der Waals surface area contributed by atoms with Crippen molar-refractivity contribution < 1.29 is 9.72 Å². The summed E-state index contributed by atoms with van der Waals surface area (Å²) in [6.07, 6.45) is 0. The lowest BCUT2D eigenvalue weighted by Crippen LogP contribution is -2.57. The number of non-ortho nitro benzene ring substituents is 1. The maximum absolute atomic E-state index is 12.3. The molecule has 1 unspecified atom stereocenters. The summed E-state index contributed by atoms with van der Waals surface area (Å²) < 4.78 is 0. The maximum Gasteiger partial charge on any atom is 0.271 e. The average molecular weight is 292 g/mol. The third-order valence-corrected chi connectivity index (χ3v) is 3.56. The summed E-state index contributed by atoms with van der Waals surface area (Å²) >= 11 is 0. The molecule has 1 atom stereocenters. The van der Waals surface area contributed by atoms with Gasteiger partial charge in [0.1, 0.15) is 6.04 Å². The highest BCUT2D eigenvalue weighted by Crippen LogP contribution is 2.26. The van der Waals surface area contributed by atoms with Crippen molar-refractivity contribution in [2.75, 3.05) is 38.6 Å². The molecule has 0 spiro atoms. The number of rotatable bonds is 3. The SMILES string of the molecule is Cc1cc(N2CCNCC2C(=O)N(C)C)cc([N+](=O)[O-])c1. The third kappa shape index (κ3) is 3.30. The van der Waals surface area contributed by atoms with E-state index in [4.69, 9.17) is 0 Å². The Morgan fingerprint density at radius 2 is 2.14 bits per heavy atom. The third-order valence-electron chi connectivity index (χ3n) is 3.56. The Morgan fingerprint density at radius 3 is 2.76 bits per heavy atom. The van der Waals surface area contributed by atoms with Gasteiger partial charge in [0.25, 0.3) is 5.69 Å². The summed E-state index contributed by atoms with van der Waals surface area (Å²) in [4.78, 5) is 26.4. The molecule has 0 aromatic heterocycles. The van der Waals surface area contributed by atoms with E-state index < -0.39 is 4.92 Å². The fourth-order valence-corrected chi connectivity index (χ4v) is 2.55. The van der Waals surface area contributed by atoms with Crippen LogP contribution in [0.3, 0.4) is 0 Å². The number of nitro benzene ring substituents is 1. The molecule has 0 aliphatic carbocycles. The predicted molar refractivity (Wildman–Crippen MR) is 80.5 cm³/mol. The minimum absolute atomic E-state index is 0.00800. The van der Waals surface area contributed by atoms with Crippen LogP contribution >= 0.6 is 0 Å². The number of amides is 1. The van der Waals surface area contributed by atoms with Crippen molar-refractivity contribution in [3.63, 3.8) is 0 Å². The summed E-state index contributed by atoms with van der Waals surface area (Å²) in [5.41, 5.74) is 1.59. The molecule has 1 saturated heterocycles. The first-order chi connectivity index (χ1) is 9.90. The topological polar surface area (TPSA) is 78.7 Å². The molecular weight excluding hydrogens is 272 g/mol. The zero-order valence-electron chi connectivity index (χ0n) is 12.5. The maximum atomic E-state index is 12.3. The van der Waals surface area contributed by atoms with Crippen molar-refractivity contribution in [3.05, 3.63) is 33.9 Å². The molecule has 7 heteroatoms. The van der Waals surface area contributed by atoms with Gasteiger partial charge in [0.15, 0.2) is 0 Å². The molecule has 1 N–H and O–H groups in total. The molecule has 2 rings (SSSR count). The first-order valence-electron chi connectivity index (χ1n) is 6.85. The smallest absolute Gasteiger partial charge is 0.271 e. The molecule has 1 fully saturated rings. The highest BCUT2D eigenvalue weighted by molar-refractivity contribution is 5.85. The molecule has 1 heterocycles. The van der Waals surface area contributed by atoms with E-state index >= 15 is 0 Å². The minimum Gasteiger partial charge on any atom is -0.357 e. The predicted octanol–water partition coefficient (Wildman–Crippen LogP) is 0.770. The van der Waals surface area contributed by atoms with Gasteiger partial charge in [-0.2, -0.15) is 0 Å². The number of likely N-dealkylation sites (N-methyl/N-ethyl adjacent to an activating group) is 1. The highest BCUT2D eigenvalue weighted by atomic mass is 16.6. The molecule has 1 aliphatic heterocycles. The minimum atomic E-state index is -0.401. The molecule has 1 amide bonds. The normalized spacial score (nSPS) is 18.4. The lowest BCUT2D eigenvalue weighted by Gasteiger charge is -2.38. The second-order valence-electron chi connectivity index (χ2n) is 5.43. The number of benzene rings is 1. The van der Waals surface area contributed by atoms with E-state index in [9.17, 15) is 14.9 Å². The van der Waals surface area contributed by atoms with Gasteiger partial charge in [-0.3, -0.25) is 14.9 Å². The molecule has 114 valence electrons. The second-order valence-corrected chi connectivity index (χ2v) is 5.43. The first-order valence-corrected chi connectivity index (χ1v) is 6.85. The van der Waals surface area contributed by atoms with E-state index in [0.717, 1.165) is 17.8 Å². The van der Waals surface area contributed by atoms with E-state index in [1.165, 1.54) is 12.1 Å². The van der Waals surface area contributed by atoms with Gasteiger partial charge in [0.2, 0.25) is 5.91 Å². The molecule has 1 aromatic carbocycles. The van der Waals surface area contributed by atoms with Crippen LogP contribution in [0.4, 0.5) is 11.4 Å². The average Bonchev–Trinajstić information content (AvgIpc) is 2.45. The van der Waals surface area contributed by atoms with Gasteiger partial charge in [-0.05, 0) is 18.6 Å². The number of nitrogens with zero attached hydrogens (tertiary/aromatic N) is 3. The van der Waals surface area contributed by atoms with Crippen molar-refractivity contribution in [1.29, 1.82) is 0 Å². The summed E-state index contributed by atoms with van der Waals surface area (Å²) in [5.74, 6) is -0.00800. The van der Waals surface area contributed by atoms with Gasteiger partial charge in [-0.25, -0.2) is 0 Å². The van der Waals surface area contributed by atoms with Gasteiger partial charge in [0, 0.05) is 51.5 Å². The van der Waals surface area contributed by atoms with Crippen LogP contribution in [-0.4, -0.2) is 55.5 Å². The fraction of sp³-hybridized carbons (Fsp3) is 0.500. The standard InChI is InChI=1S/C14H20N4O3/c1-10-6-11(8-12(7-10)18(20)21)17-5-4-15-9-13(17)14(19)16(2)3/h6-8,13,15H,4-5,9H2,1-3H3. The van der Waals surface area contributed by atoms with Crippen LogP contribution in [-0.2, 0) is 4.79 Å². The zero-order chi connectivity index (χ0) is 15.6. The number of hydrogen-bond donors (Lipinski definition) is 1. The van der Waals surface area contributed by atoms with Crippen molar-refractivity contribution in [2.24, 2.45) is 0 Å². The van der Waals surface area contributed by atoms with E-state index in [-0.39, 0.29) is 17.6 Å². The van der Waals surface area contributed by atoms with Crippen LogP contribution < -0.4 is 10.2 Å². The van der Waals surface area contributed by atoms with Gasteiger partial charge in [-0.15, -0.1) is 0 Å². The highest BCUT2D eigenvalue weighted by Gasteiger charge is 2.30. The van der Waals surface area contributed by atoms with Gasteiger partial charge in [0.05, 0.1) is 4.92 Å². The largest absolute Gasteiger partial charge is 0.357 e. The Hall–Kier alpha value is -2.15. The molecule has 1 aliphatic rings. The Morgan fingerprint density at radius 1 is 1.43 bits per heavy atom. The first kappa shape index (κ1) is 15.2. The van der Waals surface area contributed by atoms with Crippen LogP contribution in [0, 0.1) is 17.0 Å². The molecule has 7 nitrogen and oxygen atoms in total. The van der Waals surface area contributed by atoms with Crippen LogP contribution in [0.25, 0.3) is 0 Å². The Balaban J connectivity index is 2.37. The molecule has 0 bridgehead atoms. The van der Waals surface area contributed by atoms with Gasteiger partial charge < -0.3 is 15.1 Å². The van der Waals surface area contributed by atoms with E-state index in [1.54, 1.807) is 19.0 Å². The molecule has 1 aromatic rings. The lowest BCUT2D eigenvalue weighted by atomic mass is 10.1. The molecular formula is C14H20N4O3. The Labute approximate surface area is 123 Å². The van der Waals surface area contributed by atoms with Crippen molar-refractivity contribution in [3.8, 4) is 0 Å². The number of aryl methyl sites for hydroxylation is 1. The summed E-state index contributed by atoms with van der Waals surface area (Å²) in [6.45, 7) is 3.75. The monoisotopic (exact) mass is 292 g/mol. The van der Waals surface area contributed by atoms with Crippen LogP contribution in [0.5, 0.6) is 0 Å². The van der Waals surface area contributed by atoms with Gasteiger partial charge >= 0.3 is 0 Å². The number of hydrogen-bond acceptors (Lipinski definition) is 5. The quantitative estimate of drug-likeness (QED) is 0.657. The molecule has 0 saturated carbocycles. The number of piperazine rings is 1. The lowest BCUT2D eigenvalue weighted by molar-refractivity contribution is -0.384. The molecule has 21 heavy (non-hydrogen) atoms.